The zero-order valence-corrected chi connectivity index (χ0v) is 8.81. The Bertz CT molecular complexity index is 533. The molecule has 0 saturated carbocycles. The van der Waals surface area contributed by atoms with E-state index in [2.05, 4.69) is 10.1 Å². The molecule has 0 amide bonds. The van der Waals surface area contributed by atoms with Gasteiger partial charge in [0.25, 0.3) is 6.43 Å². The van der Waals surface area contributed by atoms with Gasteiger partial charge in [-0.05, 0) is 13.0 Å². The molecule has 5 nitrogen and oxygen atoms in total. The van der Waals surface area contributed by atoms with Crippen molar-refractivity contribution in [2.75, 3.05) is 0 Å². The predicted molar refractivity (Wildman–Crippen MR) is 51.5 cm³/mol. The normalized spacial score (nSPS) is 11.1. The number of aryl methyl sites for hydroxylation is 1. The molecule has 17 heavy (non-hydrogen) atoms. The van der Waals surface area contributed by atoms with Gasteiger partial charge in [0.2, 0.25) is 17.5 Å². The van der Waals surface area contributed by atoms with Crippen LogP contribution in [0.2, 0.25) is 0 Å². The molecule has 2 heterocycles. The third kappa shape index (κ3) is 2.38. The van der Waals surface area contributed by atoms with Crippen molar-refractivity contribution in [3.8, 4) is 11.4 Å². The van der Waals surface area contributed by atoms with Gasteiger partial charge in [-0.15, -0.1) is 0 Å². The molecule has 2 rings (SSSR count). The summed E-state index contributed by atoms with van der Waals surface area (Å²) >= 11 is 0. The fourth-order valence-electron chi connectivity index (χ4n) is 1.28. The van der Waals surface area contributed by atoms with Crippen molar-refractivity contribution < 1.29 is 22.5 Å². The first kappa shape index (κ1) is 11.4. The first-order valence-electron chi connectivity index (χ1n) is 4.76. The van der Waals surface area contributed by atoms with E-state index >= 15 is 0 Å². The van der Waals surface area contributed by atoms with Crippen LogP contribution in [-0.4, -0.2) is 22.3 Å². The van der Waals surface area contributed by atoms with Crippen molar-refractivity contribution in [3.05, 3.63) is 24.0 Å². The van der Waals surface area contributed by atoms with E-state index in [4.69, 9.17) is 8.94 Å². The van der Waals surface area contributed by atoms with Gasteiger partial charge in [0.15, 0.2) is 0 Å². The standard InChI is InChI=1S/C10H8F2N2O3/c1-5-6(2-3-16-5)10-13-8(17-14-10)4-7(15)9(11)12/h2-3,9H,4H2,1H3. The summed E-state index contributed by atoms with van der Waals surface area (Å²) in [4.78, 5) is 14.6. The lowest BCUT2D eigenvalue weighted by Crippen LogP contribution is -2.12. The number of rotatable bonds is 4. The molecule has 0 atom stereocenters. The smallest absolute Gasteiger partial charge is 0.296 e. The maximum atomic E-state index is 12.0. The zero-order valence-electron chi connectivity index (χ0n) is 8.81. The van der Waals surface area contributed by atoms with Crippen LogP contribution in [0.15, 0.2) is 21.3 Å². The summed E-state index contributed by atoms with van der Waals surface area (Å²) < 4.78 is 33.8. The largest absolute Gasteiger partial charge is 0.469 e. The highest BCUT2D eigenvalue weighted by Gasteiger charge is 2.20. The predicted octanol–water partition coefficient (Wildman–Crippen LogP) is 2.01. The second-order valence-electron chi connectivity index (χ2n) is 3.35. The fourth-order valence-corrected chi connectivity index (χ4v) is 1.28. The molecule has 7 heteroatoms. The van der Waals surface area contributed by atoms with E-state index in [9.17, 15) is 13.6 Å². The lowest BCUT2D eigenvalue weighted by molar-refractivity contribution is -0.129. The van der Waals surface area contributed by atoms with Crippen molar-refractivity contribution in [2.24, 2.45) is 0 Å². The van der Waals surface area contributed by atoms with Crippen molar-refractivity contribution in [2.45, 2.75) is 19.8 Å². The number of halogens is 2. The van der Waals surface area contributed by atoms with Crippen LogP contribution >= 0.6 is 0 Å². The van der Waals surface area contributed by atoms with Crippen molar-refractivity contribution in [1.82, 2.24) is 10.1 Å². The number of hydrogen-bond donors (Lipinski definition) is 0. The highest BCUT2D eigenvalue weighted by Crippen LogP contribution is 2.21. The Kier molecular flexibility index (Phi) is 2.99. The third-order valence-electron chi connectivity index (χ3n) is 2.14. The Balaban J connectivity index is 2.17. The Morgan fingerprint density at radius 3 is 2.88 bits per heavy atom. The van der Waals surface area contributed by atoms with Gasteiger partial charge in [0, 0.05) is 0 Å². The number of furan rings is 1. The van der Waals surface area contributed by atoms with Crippen LogP contribution in [0, 0.1) is 6.92 Å². The highest BCUT2D eigenvalue weighted by atomic mass is 19.3. The Hall–Kier alpha value is -2.05. The maximum absolute atomic E-state index is 12.0. The van der Waals surface area contributed by atoms with Gasteiger partial charge in [-0.1, -0.05) is 5.16 Å². The zero-order chi connectivity index (χ0) is 12.4. The summed E-state index contributed by atoms with van der Waals surface area (Å²) in [5.74, 6) is -0.583. The minimum Gasteiger partial charge on any atom is -0.469 e. The molecule has 0 fully saturated rings. The van der Waals surface area contributed by atoms with E-state index < -0.39 is 18.6 Å². The number of alkyl halides is 2. The van der Waals surface area contributed by atoms with Gasteiger partial charge < -0.3 is 8.94 Å². The van der Waals surface area contributed by atoms with Gasteiger partial charge in [-0.3, -0.25) is 4.79 Å². The maximum Gasteiger partial charge on any atom is 0.296 e. The first-order valence-corrected chi connectivity index (χ1v) is 4.76. The summed E-state index contributed by atoms with van der Waals surface area (Å²) in [6.45, 7) is 1.70. The topological polar surface area (TPSA) is 69.1 Å². The van der Waals surface area contributed by atoms with E-state index in [1.807, 2.05) is 0 Å². The van der Waals surface area contributed by atoms with Gasteiger partial charge in [-0.2, -0.15) is 4.98 Å². The monoisotopic (exact) mass is 242 g/mol. The average Bonchev–Trinajstić information content (AvgIpc) is 2.86. The van der Waals surface area contributed by atoms with Crippen LogP contribution in [0.25, 0.3) is 11.4 Å². The van der Waals surface area contributed by atoms with Crippen molar-refractivity contribution >= 4 is 5.78 Å². The summed E-state index contributed by atoms with van der Waals surface area (Å²) in [7, 11) is 0. The van der Waals surface area contributed by atoms with E-state index in [0.29, 0.717) is 11.3 Å². The molecule has 2 aromatic rings. The minimum absolute atomic E-state index is 0.133. The van der Waals surface area contributed by atoms with Gasteiger partial charge >= 0.3 is 0 Å². The molecular weight excluding hydrogens is 234 g/mol. The van der Waals surface area contributed by atoms with Crippen LogP contribution in [0.5, 0.6) is 0 Å². The Morgan fingerprint density at radius 2 is 2.29 bits per heavy atom. The average molecular weight is 242 g/mol. The molecule has 0 aromatic carbocycles. The highest BCUT2D eigenvalue weighted by molar-refractivity contribution is 5.83. The molecule has 0 radical (unpaired) electrons. The molecule has 0 spiro atoms. The summed E-state index contributed by atoms with van der Waals surface area (Å²) in [6, 6.07) is 1.62. The van der Waals surface area contributed by atoms with Crippen molar-refractivity contribution in [1.29, 1.82) is 0 Å². The van der Waals surface area contributed by atoms with Gasteiger partial charge in [0.05, 0.1) is 18.2 Å². The number of aromatic nitrogens is 2. The quantitative estimate of drug-likeness (QED) is 0.820. The number of Topliss-reactive ketones (excluding diaryl/α,β-unsaturated/α-hetero) is 1. The van der Waals surface area contributed by atoms with E-state index in [1.54, 1.807) is 13.0 Å². The summed E-state index contributed by atoms with van der Waals surface area (Å²) in [6.07, 6.45) is -2.15. The lowest BCUT2D eigenvalue weighted by Gasteiger charge is -1.92. The fraction of sp³-hybridized carbons (Fsp3) is 0.300. The third-order valence-corrected chi connectivity index (χ3v) is 2.14. The Morgan fingerprint density at radius 1 is 1.53 bits per heavy atom. The number of hydrogen-bond acceptors (Lipinski definition) is 5. The van der Waals surface area contributed by atoms with Crippen LogP contribution in [0.1, 0.15) is 11.7 Å². The second kappa shape index (κ2) is 4.44. The Labute approximate surface area is 94.4 Å². The molecule has 0 bridgehead atoms. The molecule has 0 N–H and O–H groups in total. The van der Waals surface area contributed by atoms with E-state index in [1.165, 1.54) is 6.26 Å². The molecule has 0 aliphatic carbocycles. The summed E-state index contributed by atoms with van der Waals surface area (Å²) in [5, 5.41) is 3.59. The molecule has 0 aliphatic heterocycles. The van der Waals surface area contributed by atoms with Crippen LogP contribution in [0.4, 0.5) is 8.78 Å². The second-order valence-corrected chi connectivity index (χ2v) is 3.35. The number of carbonyl (C=O) groups is 1. The summed E-state index contributed by atoms with van der Waals surface area (Å²) in [5.41, 5.74) is 0.601. The SMILES string of the molecule is Cc1occc1-c1noc(CC(=O)C(F)F)n1. The van der Waals surface area contributed by atoms with Crippen LogP contribution in [0.3, 0.4) is 0 Å². The van der Waals surface area contributed by atoms with Gasteiger partial charge in [0.1, 0.15) is 5.76 Å². The van der Waals surface area contributed by atoms with Crippen LogP contribution < -0.4 is 0 Å². The molecule has 0 saturated heterocycles. The van der Waals surface area contributed by atoms with Crippen molar-refractivity contribution in [3.63, 3.8) is 0 Å². The lowest BCUT2D eigenvalue weighted by atomic mass is 10.2. The molecule has 0 unspecified atom stereocenters. The molecule has 90 valence electrons. The first-order chi connectivity index (χ1) is 8.08. The van der Waals surface area contributed by atoms with E-state index in [0.717, 1.165) is 0 Å². The number of carbonyl (C=O) groups excluding carboxylic acids is 1. The molecule has 2 aromatic heterocycles. The molecule has 0 aliphatic rings. The van der Waals surface area contributed by atoms with Gasteiger partial charge in [-0.25, -0.2) is 8.78 Å². The molecular formula is C10H8F2N2O3. The number of ketones is 1. The number of nitrogens with zero attached hydrogens (tertiary/aromatic N) is 2. The van der Waals surface area contributed by atoms with Crippen LogP contribution in [-0.2, 0) is 11.2 Å². The van der Waals surface area contributed by atoms with E-state index in [-0.39, 0.29) is 11.7 Å². The minimum atomic E-state index is -3.03.